The highest BCUT2D eigenvalue weighted by Gasteiger charge is 2.10. The lowest BCUT2D eigenvalue weighted by atomic mass is 10.4. The van der Waals surface area contributed by atoms with E-state index < -0.39 is 6.17 Å². The second kappa shape index (κ2) is 5.66. The molecule has 0 saturated carbocycles. The van der Waals surface area contributed by atoms with Crippen LogP contribution < -0.4 is 5.32 Å². The van der Waals surface area contributed by atoms with Crippen molar-refractivity contribution in [2.24, 2.45) is 0 Å². The third-order valence-electron chi connectivity index (χ3n) is 1.00. The van der Waals surface area contributed by atoms with E-state index in [1.54, 1.807) is 0 Å². The Bertz CT molecular complexity index is 49.3. The first-order valence-corrected chi connectivity index (χ1v) is 2.24. The van der Waals surface area contributed by atoms with E-state index in [2.05, 4.69) is 5.32 Å². The Labute approximate surface area is 61.9 Å². The van der Waals surface area contributed by atoms with Crippen molar-refractivity contribution in [2.75, 3.05) is 13.1 Å². The molecule has 1 rings (SSSR count). The van der Waals surface area contributed by atoms with E-state index in [4.69, 9.17) is 0 Å². The molecule has 0 amide bonds. The fourth-order valence-electron chi connectivity index (χ4n) is 0.619. The van der Waals surface area contributed by atoms with Gasteiger partial charge in [-0.15, -0.1) is 12.4 Å². The number of rotatable bonds is 0. The summed E-state index contributed by atoms with van der Waals surface area (Å²) in [4.78, 5) is 0. The molecule has 1 heterocycles. The van der Waals surface area contributed by atoms with Gasteiger partial charge in [-0.25, -0.2) is 4.39 Å². The fraction of sp³-hybridized carbons (Fsp3) is 1.00. The van der Waals surface area contributed by atoms with Crippen LogP contribution in [0.1, 0.15) is 6.42 Å². The first-order valence-electron chi connectivity index (χ1n) is 2.24. The molecular formula is C4H11ClFNS. The van der Waals surface area contributed by atoms with Crippen molar-refractivity contribution in [3.63, 3.8) is 0 Å². The summed E-state index contributed by atoms with van der Waals surface area (Å²) in [6, 6.07) is 0. The van der Waals surface area contributed by atoms with Gasteiger partial charge in [0.25, 0.3) is 0 Å². The summed E-state index contributed by atoms with van der Waals surface area (Å²) >= 11 is 0. The van der Waals surface area contributed by atoms with Gasteiger partial charge in [-0.3, -0.25) is 0 Å². The van der Waals surface area contributed by atoms with E-state index in [1.807, 2.05) is 0 Å². The zero-order valence-corrected chi connectivity index (χ0v) is 6.30. The van der Waals surface area contributed by atoms with Crippen LogP contribution in [-0.4, -0.2) is 19.3 Å². The number of halogens is 2. The largest absolute Gasteiger partial charge is 0.314 e. The summed E-state index contributed by atoms with van der Waals surface area (Å²) in [6.45, 7) is 1.43. The van der Waals surface area contributed by atoms with Crippen molar-refractivity contribution in [2.45, 2.75) is 12.6 Å². The van der Waals surface area contributed by atoms with Crippen molar-refractivity contribution in [1.29, 1.82) is 0 Å². The molecule has 1 aliphatic heterocycles. The first-order chi connectivity index (χ1) is 2.89. The Morgan fingerprint density at radius 2 is 2.12 bits per heavy atom. The second-order valence-corrected chi connectivity index (χ2v) is 1.59. The van der Waals surface area contributed by atoms with Crippen LogP contribution in [0, 0.1) is 0 Å². The van der Waals surface area contributed by atoms with Crippen LogP contribution in [0.4, 0.5) is 4.39 Å². The molecule has 0 radical (unpaired) electrons. The normalized spacial score (nSPS) is 25.9. The lowest BCUT2D eigenvalue weighted by molar-refractivity contribution is 0.361. The van der Waals surface area contributed by atoms with Crippen LogP contribution in [0.15, 0.2) is 0 Å². The highest BCUT2D eigenvalue weighted by molar-refractivity contribution is 7.59. The number of alkyl halides is 1. The molecule has 1 nitrogen and oxygen atoms in total. The van der Waals surface area contributed by atoms with Crippen molar-refractivity contribution in [1.82, 2.24) is 5.32 Å². The Kier molecular flexibility index (Phi) is 8.03. The quantitative estimate of drug-likeness (QED) is 0.553. The maximum absolute atomic E-state index is 11.9. The van der Waals surface area contributed by atoms with Gasteiger partial charge in [0, 0.05) is 6.54 Å². The number of hydrogen-bond donors (Lipinski definition) is 1. The molecule has 1 fully saturated rings. The third-order valence-corrected chi connectivity index (χ3v) is 1.00. The fourth-order valence-corrected chi connectivity index (χ4v) is 0.619. The van der Waals surface area contributed by atoms with Crippen molar-refractivity contribution < 1.29 is 4.39 Å². The van der Waals surface area contributed by atoms with Crippen LogP contribution in [0.5, 0.6) is 0 Å². The van der Waals surface area contributed by atoms with Gasteiger partial charge in [-0.2, -0.15) is 13.5 Å². The van der Waals surface area contributed by atoms with E-state index in [9.17, 15) is 4.39 Å². The molecule has 0 spiro atoms. The van der Waals surface area contributed by atoms with Gasteiger partial charge in [0.1, 0.15) is 6.17 Å². The highest BCUT2D eigenvalue weighted by atomic mass is 35.5. The summed E-state index contributed by atoms with van der Waals surface area (Å²) in [5.74, 6) is 0. The van der Waals surface area contributed by atoms with Crippen molar-refractivity contribution in [3.05, 3.63) is 0 Å². The summed E-state index contributed by atoms with van der Waals surface area (Å²) in [5, 5.41) is 2.90. The predicted molar refractivity (Wildman–Crippen MR) is 40.0 cm³/mol. The molecule has 0 aliphatic carbocycles. The minimum Gasteiger partial charge on any atom is -0.314 e. The van der Waals surface area contributed by atoms with Gasteiger partial charge in [0.05, 0.1) is 0 Å². The highest BCUT2D eigenvalue weighted by Crippen LogP contribution is 1.99. The summed E-state index contributed by atoms with van der Waals surface area (Å²) in [6.07, 6.45) is 0.144. The SMILES string of the molecule is Cl.F[C@H]1CCNC1.S. The van der Waals surface area contributed by atoms with Crippen LogP contribution in [-0.2, 0) is 0 Å². The third kappa shape index (κ3) is 3.52. The first kappa shape index (κ1) is 11.3. The lowest BCUT2D eigenvalue weighted by Gasteiger charge is -1.86. The van der Waals surface area contributed by atoms with Crippen LogP contribution in [0.25, 0.3) is 0 Å². The van der Waals surface area contributed by atoms with Crippen molar-refractivity contribution >= 4 is 25.9 Å². The topological polar surface area (TPSA) is 12.0 Å². The minimum atomic E-state index is -0.565. The monoisotopic (exact) mass is 159 g/mol. The molecular weight excluding hydrogens is 149 g/mol. The van der Waals surface area contributed by atoms with Crippen molar-refractivity contribution in [3.8, 4) is 0 Å². The molecule has 0 bridgehead atoms. The molecule has 1 aliphatic rings. The zero-order chi connectivity index (χ0) is 4.41. The average Bonchev–Trinajstić information content (AvgIpc) is 1.86. The Morgan fingerprint density at radius 1 is 1.50 bits per heavy atom. The summed E-state index contributed by atoms with van der Waals surface area (Å²) < 4.78 is 11.9. The van der Waals surface area contributed by atoms with E-state index in [1.165, 1.54) is 0 Å². The number of nitrogens with one attached hydrogen (secondary N) is 1. The molecule has 0 aromatic carbocycles. The molecule has 52 valence electrons. The van der Waals surface area contributed by atoms with Crippen LogP contribution in [0.3, 0.4) is 0 Å². The van der Waals surface area contributed by atoms with Gasteiger partial charge in [0.15, 0.2) is 0 Å². The molecule has 4 heteroatoms. The smallest absolute Gasteiger partial charge is 0.114 e. The Morgan fingerprint density at radius 3 is 2.25 bits per heavy atom. The second-order valence-electron chi connectivity index (χ2n) is 1.59. The van der Waals surface area contributed by atoms with Crippen LogP contribution >= 0.6 is 25.9 Å². The van der Waals surface area contributed by atoms with Gasteiger partial charge in [-0.05, 0) is 13.0 Å². The van der Waals surface area contributed by atoms with E-state index in [-0.39, 0.29) is 25.9 Å². The molecule has 0 unspecified atom stereocenters. The summed E-state index contributed by atoms with van der Waals surface area (Å²) in [5.41, 5.74) is 0. The summed E-state index contributed by atoms with van der Waals surface area (Å²) in [7, 11) is 0. The minimum absolute atomic E-state index is 0. The Hall–Kier alpha value is 0.530. The lowest BCUT2D eigenvalue weighted by Crippen LogP contribution is -2.08. The molecule has 1 N–H and O–H groups in total. The van der Waals surface area contributed by atoms with Gasteiger partial charge < -0.3 is 5.32 Å². The standard InChI is InChI=1S/C4H8FN.ClH.H2S/c5-4-1-2-6-3-4;;/h4,6H,1-3H2;1H;1H2/t4-;;/m0../s1. The molecule has 0 aromatic rings. The predicted octanol–water partition coefficient (Wildman–Crippen LogP) is 0.852. The van der Waals surface area contributed by atoms with E-state index >= 15 is 0 Å². The van der Waals surface area contributed by atoms with E-state index in [0.29, 0.717) is 13.0 Å². The van der Waals surface area contributed by atoms with E-state index in [0.717, 1.165) is 6.54 Å². The molecule has 8 heavy (non-hydrogen) atoms. The van der Waals surface area contributed by atoms with Gasteiger partial charge >= 0.3 is 0 Å². The maximum Gasteiger partial charge on any atom is 0.114 e. The Balaban J connectivity index is 0. The number of hydrogen-bond acceptors (Lipinski definition) is 1. The van der Waals surface area contributed by atoms with Crippen LogP contribution in [0.2, 0.25) is 0 Å². The molecule has 0 aromatic heterocycles. The van der Waals surface area contributed by atoms with Gasteiger partial charge in [-0.1, -0.05) is 0 Å². The molecule has 1 saturated heterocycles. The average molecular weight is 160 g/mol. The zero-order valence-electron chi connectivity index (χ0n) is 4.48. The van der Waals surface area contributed by atoms with Gasteiger partial charge in [0.2, 0.25) is 0 Å². The maximum atomic E-state index is 11.9. The molecule has 1 atom stereocenters.